The fraction of sp³-hybridized carbons (Fsp3) is 0.259. The molecule has 14 heteroatoms. The van der Waals surface area contributed by atoms with Gasteiger partial charge in [0.15, 0.2) is 0 Å². The Hall–Kier alpha value is -3.45. The fourth-order valence-electron chi connectivity index (χ4n) is 4.10. The van der Waals surface area contributed by atoms with E-state index in [9.17, 15) is 32.7 Å². The Morgan fingerprint density at radius 2 is 1.66 bits per heavy atom. The van der Waals surface area contributed by atoms with Crippen LogP contribution < -0.4 is 10.2 Å². The summed E-state index contributed by atoms with van der Waals surface area (Å²) in [5, 5.41) is 20.8. The lowest BCUT2D eigenvalue weighted by Crippen LogP contribution is -2.48. The maximum Gasteiger partial charge on any atom is 0.490 e. The highest BCUT2D eigenvalue weighted by molar-refractivity contribution is 7.18. The van der Waals surface area contributed by atoms with Gasteiger partial charge in [0.2, 0.25) is 5.91 Å². The molecule has 1 saturated heterocycles. The Morgan fingerprint density at radius 1 is 1.02 bits per heavy atom. The number of benzene rings is 2. The van der Waals surface area contributed by atoms with Gasteiger partial charge >= 0.3 is 18.1 Å². The zero-order chi connectivity index (χ0) is 30.5. The maximum absolute atomic E-state index is 13.8. The summed E-state index contributed by atoms with van der Waals surface area (Å²) in [5.74, 6) is -5.57. The molecule has 1 fully saturated rings. The van der Waals surface area contributed by atoms with Gasteiger partial charge in [0, 0.05) is 15.8 Å². The van der Waals surface area contributed by atoms with Crippen LogP contribution in [0.1, 0.15) is 33.4 Å². The van der Waals surface area contributed by atoms with Crippen LogP contribution in [-0.4, -0.2) is 53.2 Å². The summed E-state index contributed by atoms with van der Waals surface area (Å²) in [6.07, 6.45) is -4.55. The number of aliphatic carboxylic acids is 1. The Balaban J connectivity index is 0.000000587. The SMILES string of the molecule is CC1CNCCC1C(=O)N(C(=O)c1ccc(Cl)cc1Cl)c1cc(-c2ccccc2)sc1C(=O)O.O=C(O)C(F)(F)F. The van der Waals surface area contributed by atoms with Crippen LogP contribution in [0.25, 0.3) is 10.4 Å². The third-order valence-electron chi connectivity index (χ3n) is 6.14. The molecule has 0 saturated carbocycles. The third-order valence-corrected chi connectivity index (χ3v) is 7.85. The predicted molar refractivity (Wildman–Crippen MR) is 149 cm³/mol. The smallest absolute Gasteiger partial charge is 0.477 e. The van der Waals surface area contributed by atoms with E-state index in [-0.39, 0.29) is 27.1 Å². The predicted octanol–water partition coefficient (Wildman–Crippen LogP) is 6.47. The molecule has 0 aliphatic carbocycles. The summed E-state index contributed by atoms with van der Waals surface area (Å²) in [6, 6.07) is 15.2. The number of carbonyl (C=O) groups is 4. The maximum atomic E-state index is 13.8. The average molecular weight is 631 g/mol. The van der Waals surface area contributed by atoms with Gasteiger partial charge in [0.25, 0.3) is 5.91 Å². The van der Waals surface area contributed by atoms with Gasteiger partial charge in [0.1, 0.15) is 4.88 Å². The molecule has 218 valence electrons. The van der Waals surface area contributed by atoms with E-state index in [0.29, 0.717) is 29.4 Å². The van der Waals surface area contributed by atoms with Crippen molar-refractivity contribution in [3.05, 3.63) is 75.1 Å². The number of hydrogen-bond donors (Lipinski definition) is 3. The number of carboxylic acid groups (broad SMARTS) is 2. The largest absolute Gasteiger partial charge is 0.490 e. The van der Waals surface area contributed by atoms with Crippen LogP contribution in [-0.2, 0) is 9.59 Å². The lowest BCUT2D eigenvalue weighted by atomic mass is 9.86. The van der Waals surface area contributed by atoms with Gasteiger partial charge < -0.3 is 15.5 Å². The number of nitrogens with zero attached hydrogens (tertiary/aromatic N) is 1. The monoisotopic (exact) mass is 630 g/mol. The quantitative estimate of drug-likeness (QED) is 0.276. The molecule has 0 bridgehead atoms. The van der Waals surface area contributed by atoms with E-state index in [1.165, 1.54) is 18.2 Å². The van der Waals surface area contributed by atoms with E-state index in [2.05, 4.69) is 5.32 Å². The van der Waals surface area contributed by atoms with Gasteiger partial charge in [-0.15, -0.1) is 11.3 Å². The standard InChI is InChI=1S/C25H22Cl2N2O4S.C2HF3O2/c1-14-13-28-10-9-17(14)23(30)29(24(31)18-8-7-16(26)11-19(18)27)20-12-21(34-22(20)25(32)33)15-5-3-2-4-6-15;3-2(4,5)1(6)7/h2-8,11-12,14,17,28H,9-10,13H2,1H3,(H,32,33);(H,6,7). The van der Waals surface area contributed by atoms with Crippen molar-refractivity contribution in [3.63, 3.8) is 0 Å². The van der Waals surface area contributed by atoms with E-state index in [0.717, 1.165) is 21.8 Å². The summed E-state index contributed by atoms with van der Waals surface area (Å²) in [7, 11) is 0. The second-order valence-corrected chi connectivity index (χ2v) is 10.9. The summed E-state index contributed by atoms with van der Waals surface area (Å²) < 4.78 is 31.7. The lowest BCUT2D eigenvalue weighted by molar-refractivity contribution is -0.192. The Bertz CT molecular complexity index is 1450. The lowest BCUT2D eigenvalue weighted by Gasteiger charge is -2.32. The summed E-state index contributed by atoms with van der Waals surface area (Å²) in [5.41, 5.74) is 0.911. The molecule has 2 aromatic carbocycles. The first kappa shape index (κ1) is 32.1. The molecule has 1 aromatic heterocycles. The first-order valence-corrected chi connectivity index (χ1v) is 13.6. The number of imide groups is 1. The number of thiophene rings is 1. The highest BCUT2D eigenvalue weighted by atomic mass is 35.5. The minimum Gasteiger partial charge on any atom is -0.477 e. The van der Waals surface area contributed by atoms with Gasteiger partial charge in [-0.1, -0.05) is 60.5 Å². The van der Waals surface area contributed by atoms with Crippen molar-refractivity contribution in [2.75, 3.05) is 18.0 Å². The van der Waals surface area contributed by atoms with Crippen molar-refractivity contribution in [1.82, 2.24) is 5.32 Å². The molecular weight excluding hydrogens is 608 g/mol. The van der Waals surface area contributed by atoms with Crippen LogP contribution in [0.15, 0.2) is 54.6 Å². The molecule has 2 atom stereocenters. The highest BCUT2D eigenvalue weighted by Crippen LogP contribution is 2.39. The van der Waals surface area contributed by atoms with Crippen molar-refractivity contribution in [3.8, 4) is 10.4 Å². The van der Waals surface area contributed by atoms with Crippen LogP contribution in [0.5, 0.6) is 0 Å². The number of nitrogens with one attached hydrogen (secondary N) is 1. The van der Waals surface area contributed by atoms with E-state index >= 15 is 0 Å². The molecule has 1 aliphatic heterocycles. The van der Waals surface area contributed by atoms with Gasteiger partial charge in [0.05, 0.1) is 16.3 Å². The fourth-order valence-corrected chi connectivity index (χ4v) is 5.58. The number of carboxylic acids is 2. The molecule has 8 nitrogen and oxygen atoms in total. The number of hydrogen-bond acceptors (Lipinski definition) is 6. The number of alkyl halides is 3. The Kier molecular flexibility index (Phi) is 10.5. The number of piperidine rings is 1. The zero-order valence-electron chi connectivity index (χ0n) is 21.2. The molecule has 1 aliphatic rings. The minimum atomic E-state index is -5.08. The molecule has 3 aromatic rings. The number of rotatable bonds is 5. The normalized spacial score (nSPS) is 16.7. The number of anilines is 1. The van der Waals surface area contributed by atoms with E-state index < -0.39 is 35.8 Å². The molecule has 41 heavy (non-hydrogen) atoms. The zero-order valence-corrected chi connectivity index (χ0v) is 23.6. The van der Waals surface area contributed by atoms with Crippen molar-refractivity contribution in [2.45, 2.75) is 19.5 Å². The number of carbonyl (C=O) groups excluding carboxylic acids is 2. The van der Waals surface area contributed by atoms with Gasteiger partial charge in [-0.3, -0.25) is 9.59 Å². The molecule has 0 spiro atoms. The Labute approximate surface area is 246 Å². The third kappa shape index (κ3) is 7.85. The highest BCUT2D eigenvalue weighted by Gasteiger charge is 2.39. The summed E-state index contributed by atoms with van der Waals surface area (Å²) in [6.45, 7) is 3.20. The van der Waals surface area contributed by atoms with Crippen molar-refractivity contribution < 1.29 is 42.6 Å². The van der Waals surface area contributed by atoms with E-state index in [1.54, 1.807) is 6.07 Å². The van der Waals surface area contributed by atoms with Crippen LogP contribution in [0, 0.1) is 11.8 Å². The second kappa shape index (κ2) is 13.5. The van der Waals surface area contributed by atoms with Gasteiger partial charge in [-0.25, -0.2) is 14.5 Å². The summed E-state index contributed by atoms with van der Waals surface area (Å²) >= 11 is 13.3. The molecule has 3 N–H and O–H groups in total. The van der Waals surface area contributed by atoms with Crippen LogP contribution in [0.4, 0.5) is 18.9 Å². The number of aromatic carboxylic acids is 1. The van der Waals surface area contributed by atoms with Crippen LogP contribution in [0.2, 0.25) is 10.0 Å². The Morgan fingerprint density at radius 3 is 2.20 bits per heavy atom. The number of amides is 2. The van der Waals surface area contributed by atoms with E-state index in [1.807, 2.05) is 37.3 Å². The van der Waals surface area contributed by atoms with Crippen molar-refractivity contribution >= 4 is 64.0 Å². The molecule has 2 unspecified atom stereocenters. The molecule has 2 amide bonds. The van der Waals surface area contributed by atoms with Crippen LogP contribution >= 0.6 is 34.5 Å². The molecule has 2 heterocycles. The van der Waals surface area contributed by atoms with E-state index in [4.69, 9.17) is 33.1 Å². The first-order chi connectivity index (χ1) is 19.2. The number of halogens is 5. The van der Waals surface area contributed by atoms with Crippen LogP contribution in [0.3, 0.4) is 0 Å². The first-order valence-electron chi connectivity index (χ1n) is 12.0. The van der Waals surface area contributed by atoms with Crippen molar-refractivity contribution in [1.29, 1.82) is 0 Å². The molecule has 4 rings (SSSR count). The molecular formula is C27H23Cl2F3N2O6S. The topological polar surface area (TPSA) is 124 Å². The average Bonchev–Trinajstić information content (AvgIpc) is 3.34. The van der Waals surface area contributed by atoms with Gasteiger partial charge in [-0.05, 0) is 55.3 Å². The summed E-state index contributed by atoms with van der Waals surface area (Å²) in [4.78, 5) is 50.3. The minimum absolute atomic E-state index is 0.0299. The van der Waals surface area contributed by atoms with Crippen molar-refractivity contribution in [2.24, 2.45) is 11.8 Å². The second-order valence-electron chi connectivity index (χ2n) is 8.98. The molecule has 0 radical (unpaired) electrons. The van der Waals surface area contributed by atoms with Gasteiger partial charge in [-0.2, -0.15) is 13.2 Å².